The zero-order valence-electron chi connectivity index (χ0n) is 36.3. The predicted octanol–water partition coefficient (Wildman–Crippen LogP) is 4.84. The van der Waals surface area contributed by atoms with Gasteiger partial charge in [0.25, 0.3) is 11.7 Å². The normalized spacial score (nSPS) is 31.4. The molecule has 1 fully saturated rings. The van der Waals surface area contributed by atoms with Crippen LogP contribution in [0.3, 0.4) is 0 Å². The molecule has 1 saturated heterocycles. The first-order chi connectivity index (χ1) is 28.7. The van der Waals surface area contributed by atoms with E-state index in [1.54, 1.807) is 46.8 Å². The molecule has 61 heavy (non-hydrogen) atoms. The molecule has 5 bridgehead atoms. The number of aromatic hydroxyl groups is 3. The van der Waals surface area contributed by atoms with E-state index < -0.39 is 88.8 Å². The highest BCUT2D eigenvalue weighted by Gasteiger charge is 2.50. The van der Waals surface area contributed by atoms with Gasteiger partial charge >= 0.3 is 11.8 Å². The highest BCUT2D eigenvalue weighted by molar-refractivity contribution is 6.23. The Morgan fingerprint density at radius 2 is 1.62 bits per heavy atom. The Hall–Kier alpha value is -5.49. The van der Waals surface area contributed by atoms with Crippen molar-refractivity contribution in [2.75, 3.05) is 38.7 Å². The number of nitrogens with one attached hydrogen (secondary N) is 1. The van der Waals surface area contributed by atoms with Crippen LogP contribution in [0.5, 0.6) is 23.0 Å². The summed E-state index contributed by atoms with van der Waals surface area (Å²) >= 11 is 0. The van der Waals surface area contributed by atoms with Crippen LogP contribution in [0, 0.1) is 30.6 Å². The Kier molecular flexibility index (Phi) is 14.5. The summed E-state index contributed by atoms with van der Waals surface area (Å²) in [6.07, 6.45) is 4.56. The minimum Gasteiger partial charge on any atom is -0.507 e. The number of phenolic OH excluding ortho intramolecular Hbond substituents is 3. The van der Waals surface area contributed by atoms with Gasteiger partial charge in [0.2, 0.25) is 0 Å². The number of rotatable bonds is 4. The van der Waals surface area contributed by atoms with Gasteiger partial charge in [0.05, 0.1) is 66.2 Å². The highest BCUT2D eigenvalue weighted by atomic mass is 16.7. The molecule has 0 spiro atoms. The molecule has 1 amide bonds. The van der Waals surface area contributed by atoms with Gasteiger partial charge in [0, 0.05) is 74.2 Å². The second-order valence-corrected chi connectivity index (χ2v) is 16.1. The lowest BCUT2D eigenvalue weighted by Crippen LogP contribution is -2.46. The van der Waals surface area contributed by atoms with E-state index >= 15 is 0 Å². The first-order valence-electron chi connectivity index (χ1n) is 20.2. The lowest BCUT2D eigenvalue weighted by Gasteiger charge is -2.38. The third kappa shape index (κ3) is 9.39. The van der Waals surface area contributed by atoms with Gasteiger partial charge in [-0.15, -0.1) is 5.10 Å². The zero-order valence-corrected chi connectivity index (χ0v) is 36.3. The number of fused-ring (bicyclic) bond motifs is 14. The van der Waals surface area contributed by atoms with Crippen LogP contribution in [-0.2, 0) is 28.5 Å². The number of allylic oxidation sites excluding steroid dienone is 2. The molecule has 0 aliphatic carbocycles. The maximum Gasteiger partial charge on any atom is 0.312 e. The van der Waals surface area contributed by atoms with Gasteiger partial charge in [-0.1, -0.05) is 45.9 Å². The number of methoxy groups -OCH3 is 1. The number of amides is 1. The minimum atomic E-state index is -2.07. The van der Waals surface area contributed by atoms with Crippen molar-refractivity contribution in [1.29, 1.82) is 0 Å². The quantitative estimate of drug-likeness (QED) is 0.0603. The number of carbonyl (C=O) groups excluding carboxylic acids is 3. The summed E-state index contributed by atoms with van der Waals surface area (Å²) in [4.78, 5) is 42.5. The number of nitrogens with zero attached hydrogens (tertiary/aromatic N) is 3. The number of amidine groups is 1. The summed E-state index contributed by atoms with van der Waals surface area (Å²) in [7, 11) is 1.43. The first kappa shape index (κ1) is 46.6. The van der Waals surface area contributed by atoms with Gasteiger partial charge in [0.15, 0.2) is 5.75 Å². The standard InChI is InChI=1S/C44H58N4O13/c1-21-12-11-13-22(2)43(56)46-34-29(20-45-47-27(7)48-15-18-58-19-16-48)38(53)31-32(39(34)54)37(52)26(6)41-33(31)42(55)44(9,61-41)59-17-14-30(57-10)23(3)40(60-28(8)49)25(5)36(51)24(4)35(21)50/h11-14,17,20-21,23-25,30,35-36,40,50-54H,15-16,18-19H2,1-10H3,(H,46,56)/b12-11+,17-14+,22-13-,45-20+,47-27+/t21-,23+,24+,25+,30-,35-,36+,40+,44-/m0/s1. The molecule has 4 aliphatic rings. The van der Waals surface area contributed by atoms with Crippen LogP contribution in [0.2, 0.25) is 0 Å². The number of phenols is 3. The van der Waals surface area contributed by atoms with Crippen molar-refractivity contribution in [3.8, 4) is 23.0 Å². The van der Waals surface area contributed by atoms with Crippen LogP contribution < -0.4 is 10.1 Å². The van der Waals surface area contributed by atoms with Gasteiger partial charge in [-0.3, -0.25) is 14.4 Å². The summed E-state index contributed by atoms with van der Waals surface area (Å²) in [5, 5.41) is 68.9. The molecule has 0 aromatic heterocycles. The summed E-state index contributed by atoms with van der Waals surface area (Å²) in [5.74, 6) is -8.14. The van der Waals surface area contributed by atoms with Gasteiger partial charge in [-0.25, -0.2) is 0 Å². The number of ether oxygens (including phenoxy) is 5. The summed E-state index contributed by atoms with van der Waals surface area (Å²) < 4.78 is 29.0. The van der Waals surface area contributed by atoms with Gasteiger partial charge in [-0.2, -0.15) is 5.10 Å². The van der Waals surface area contributed by atoms with Crippen molar-refractivity contribution >= 4 is 46.2 Å². The molecule has 9 atom stereocenters. The van der Waals surface area contributed by atoms with E-state index in [0.717, 1.165) is 6.21 Å². The molecule has 17 heteroatoms. The molecule has 0 unspecified atom stereocenters. The summed E-state index contributed by atoms with van der Waals surface area (Å²) in [5.41, 5.74) is -0.615. The number of Topliss-reactive ketones (excluding diaryl/α,β-unsaturated/α-hetero) is 1. The van der Waals surface area contributed by atoms with E-state index in [1.807, 2.05) is 4.90 Å². The SMILES string of the molecule is CO[C@H]1/C=C/O[C@@]2(C)Oc3c(C)c(O)c4c(O)c(c(/C=N/N=C(\C)N5CCOCC5)c(O)c4c3C2=O)NC(=O)/C(C)=C\C=C\[C@H](C)[C@H](O)[C@@H](C)[C@@H](O)[C@@H](C)[C@H](OC(C)=O)[C@@H]1C. The van der Waals surface area contributed by atoms with Crippen LogP contribution in [-0.4, -0.2) is 124 Å². The lowest BCUT2D eigenvalue weighted by molar-refractivity contribution is -0.160. The third-order valence-electron chi connectivity index (χ3n) is 11.9. The van der Waals surface area contributed by atoms with Crippen molar-refractivity contribution < 1.29 is 63.6 Å². The summed E-state index contributed by atoms with van der Waals surface area (Å²) in [6.45, 7) is 16.3. The number of hydrogen-bond acceptors (Lipinski definition) is 15. The molecule has 0 radical (unpaired) electrons. The van der Waals surface area contributed by atoms with Gasteiger partial charge < -0.3 is 59.4 Å². The van der Waals surface area contributed by atoms with Crippen LogP contribution in [0.1, 0.15) is 76.9 Å². The monoisotopic (exact) mass is 850 g/mol. The molecular weight excluding hydrogens is 792 g/mol. The van der Waals surface area contributed by atoms with Crippen molar-refractivity contribution in [2.24, 2.45) is 33.9 Å². The molecule has 4 heterocycles. The molecule has 2 aromatic rings. The zero-order chi connectivity index (χ0) is 45.1. The predicted molar refractivity (Wildman–Crippen MR) is 227 cm³/mol. The molecule has 6 rings (SSSR count). The fourth-order valence-electron chi connectivity index (χ4n) is 7.99. The number of esters is 1. The van der Waals surface area contributed by atoms with Crippen LogP contribution in [0.15, 0.2) is 46.3 Å². The Balaban J connectivity index is 1.71. The van der Waals surface area contributed by atoms with Crippen molar-refractivity contribution in [3.05, 3.63) is 52.8 Å². The van der Waals surface area contributed by atoms with Gasteiger partial charge in [-0.05, 0) is 26.8 Å². The van der Waals surface area contributed by atoms with Crippen LogP contribution in [0.4, 0.5) is 5.69 Å². The number of morpholine rings is 1. The van der Waals surface area contributed by atoms with E-state index in [9.17, 15) is 39.9 Å². The number of anilines is 1. The fourth-order valence-corrected chi connectivity index (χ4v) is 7.99. The highest BCUT2D eigenvalue weighted by Crippen LogP contribution is 2.55. The fraction of sp³-hybridized carbons (Fsp3) is 0.523. The number of carbonyl (C=O) groups is 3. The van der Waals surface area contributed by atoms with Crippen LogP contribution >= 0.6 is 0 Å². The number of benzene rings is 2. The minimum absolute atomic E-state index is 0.0312. The Labute approximate surface area is 355 Å². The molecule has 2 aromatic carbocycles. The first-order valence-corrected chi connectivity index (χ1v) is 20.2. The van der Waals surface area contributed by atoms with E-state index in [0.29, 0.717) is 32.1 Å². The maximum absolute atomic E-state index is 14.4. The van der Waals surface area contributed by atoms with E-state index in [2.05, 4.69) is 15.5 Å². The number of aliphatic hydroxyl groups excluding tert-OH is 2. The average molecular weight is 851 g/mol. The maximum atomic E-state index is 14.4. The average Bonchev–Trinajstić information content (AvgIpc) is 3.50. The second kappa shape index (κ2) is 19.1. The lowest BCUT2D eigenvalue weighted by atomic mass is 9.78. The Bertz CT molecular complexity index is 2180. The molecule has 6 N–H and O–H groups in total. The van der Waals surface area contributed by atoms with Gasteiger partial charge in [0.1, 0.15) is 29.2 Å². The molecule has 332 valence electrons. The van der Waals surface area contributed by atoms with Crippen molar-refractivity contribution in [3.63, 3.8) is 0 Å². The molecular formula is C44H58N4O13. The summed E-state index contributed by atoms with van der Waals surface area (Å²) in [6, 6.07) is 0. The third-order valence-corrected chi connectivity index (χ3v) is 11.9. The molecule has 17 nitrogen and oxygen atoms in total. The smallest absolute Gasteiger partial charge is 0.312 e. The largest absolute Gasteiger partial charge is 0.507 e. The van der Waals surface area contributed by atoms with Crippen LogP contribution in [0.25, 0.3) is 10.8 Å². The topological polar surface area (TPSA) is 238 Å². The van der Waals surface area contributed by atoms with E-state index in [1.165, 1.54) is 53.2 Å². The molecule has 0 saturated carbocycles. The van der Waals surface area contributed by atoms with E-state index in [4.69, 9.17) is 23.7 Å². The van der Waals surface area contributed by atoms with Crippen molar-refractivity contribution in [2.45, 2.75) is 92.5 Å². The number of ketones is 1. The Morgan fingerprint density at radius 3 is 2.26 bits per heavy atom. The van der Waals surface area contributed by atoms with Crippen molar-refractivity contribution in [1.82, 2.24) is 4.90 Å². The number of aliphatic hydroxyl groups is 2. The second-order valence-electron chi connectivity index (χ2n) is 16.1. The Morgan fingerprint density at radius 1 is 0.951 bits per heavy atom. The molecule has 4 aliphatic heterocycles. The number of hydrogen-bond donors (Lipinski definition) is 6. The van der Waals surface area contributed by atoms with E-state index in [-0.39, 0.29) is 44.5 Å².